The second-order valence-corrected chi connectivity index (χ2v) is 5.54. The Kier molecular flexibility index (Phi) is 5.44. The Balaban J connectivity index is 2.16. The summed E-state index contributed by atoms with van der Waals surface area (Å²) in [5.41, 5.74) is 2.37. The molecule has 5 nitrogen and oxygen atoms in total. The smallest absolute Gasteiger partial charge is 0.337 e. The van der Waals surface area contributed by atoms with E-state index in [-0.39, 0.29) is 12.6 Å². The lowest BCUT2D eigenvalue weighted by atomic mass is 10.1. The van der Waals surface area contributed by atoms with Crippen molar-refractivity contribution in [2.24, 2.45) is 0 Å². The number of thiazole rings is 1. The van der Waals surface area contributed by atoms with Gasteiger partial charge in [-0.3, -0.25) is 4.90 Å². The van der Waals surface area contributed by atoms with Crippen molar-refractivity contribution in [1.82, 2.24) is 9.88 Å². The molecule has 0 bridgehead atoms. The summed E-state index contributed by atoms with van der Waals surface area (Å²) in [5.74, 6) is -0.351. The molecule has 0 aliphatic heterocycles. The fourth-order valence-electron chi connectivity index (χ4n) is 1.94. The maximum Gasteiger partial charge on any atom is 0.337 e. The fourth-order valence-corrected chi connectivity index (χ4v) is 2.74. The van der Waals surface area contributed by atoms with E-state index in [9.17, 15) is 4.79 Å². The molecule has 0 saturated carbocycles. The average Bonchev–Trinajstić information content (AvgIpc) is 2.95. The molecule has 1 aromatic carbocycles. The molecule has 2 aromatic rings. The van der Waals surface area contributed by atoms with Gasteiger partial charge < -0.3 is 9.84 Å². The molecule has 0 spiro atoms. The first kappa shape index (κ1) is 15.6. The normalized spacial score (nSPS) is 10.9. The fraction of sp³-hybridized carbons (Fsp3) is 0.333. The summed E-state index contributed by atoms with van der Waals surface area (Å²) in [4.78, 5) is 18.1. The first-order valence-corrected chi connectivity index (χ1v) is 7.44. The number of aromatic nitrogens is 1. The lowest BCUT2D eigenvalue weighted by Gasteiger charge is -2.12. The van der Waals surface area contributed by atoms with E-state index in [1.165, 1.54) is 18.4 Å². The average molecular weight is 306 g/mol. The van der Waals surface area contributed by atoms with E-state index in [0.717, 1.165) is 16.3 Å². The van der Waals surface area contributed by atoms with Gasteiger partial charge in [-0.2, -0.15) is 0 Å². The number of likely N-dealkylation sites (N-methyl/N-ethyl adjacent to an activating group) is 1. The van der Waals surface area contributed by atoms with Gasteiger partial charge in [0.1, 0.15) is 5.01 Å². The standard InChI is InChI=1S/C15H18N2O3S/c1-17(6-7-18)9-13-10-21-14(16-13)11-4-3-5-12(8-11)15(19)20-2/h3-5,8,10,18H,6-7,9H2,1-2H3. The first-order valence-electron chi connectivity index (χ1n) is 6.56. The van der Waals surface area contributed by atoms with Gasteiger partial charge in [-0.1, -0.05) is 12.1 Å². The zero-order valence-electron chi connectivity index (χ0n) is 12.1. The second-order valence-electron chi connectivity index (χ2n) is 4.68. The highest BCUT2D eigenvalue weighted by Gasteiger charge is 2.10. The number of rotatable bonds is 6. The number of esters is 1. The van der Waals surface area contributed by atoms with Crippen LogP contribution in [0.25, 0.3) is 10.6 Å². The van der Waals surface area contributed by atoms with E-state index in [1.54, 1.807) is 12.1 Å². The monoisotopic (exact) mass is 306 g/mol. The van der Waals surface area contributed by atoms with Crippen molar-refractivity contribution in [3.63, 3.8) is 0 Å². The number of aliphatic hydroxyl groups excluding tert-OH is 1. The predicted octanol–water partition coefficient (Wildman–Crippen LogP) is 2.02. The zero-order valence-corrected chi connectivity index (χ0v) is 12.9. The summed E-state index contributed by atoms with van der Waals surface area (Å²) in [6.45, 7) is 1.44. The van der Waals surface area contributed by atoms with Crippen molar-refractivity contribution < 1.29 is 14.6 Å². The Hall–Kier alpha value is -1.76. The molecular weight excluding hydrogens is 288 g/mol. The van der Waals surface area contributed by atoms with Gasteiger partial charge in [-0.05, 0) is 19.2 Å². The van der Waals surface area contributed by atoms with E-state index < -0.39 is 0 Å². The Morgan fingerprint density at radius 2 is 2.29 bits per heavy atom. The number of hydrogen-bond donors (Lipinski definition) is 1. The Morgan fingerprint density at radius 1 is 1.48 bits per heavy atom. The summed E-state index contributed by atoms with van der Waals surface area (Å²) in [7, 11) is 3.31. The molecule has 0 fully saturated rings. The maximum absolute atomic E-state index is 11.6. The van der Waals surface area contributed by atoms with Gasteiger partial charge in [0.15, 0.2) is 0 Å². The van der Waals surface area contributed by atoms with E-state index in [0.29, 0.717) is 18.7 Å². The highest BCUT2D eigenvalue weighted by molar-refractivity contribution is 7.13. The third kappa shape index (κ3) is 4.10. The molecule has 0 amide bonds. The van der Waals surface area contributed by atoms with E-state index in [1.807, 2.05) is 29.5 Å². The van der Waals surface area contributed by atoms with E-state index in [2.05, 4.69) is 4.98 Å². The van der Waals surface area contributed by atoms with E-state index in [4.69, 9.17) is 9.84 Å². The van der Waals surface area contributed by atoms with Crippen LogP contribution in [0, 0.1) is 0 Å². The highest BCUT2D eigenvalue weighted by atomic mass is 32.1. The van der Waals surface area contributed by atoms with Gasteiger partial charge in [0.25, 0.3) is 0 Å². The topological polar surface area (TPSA) is 62.7 Å². The third-order valence-electron chi connectivity index (χ3n) is 3.00. The summed E-state index contributed by atoms with van der Waals surface area (Å²) < 4.78 is 4.73. The van der Waals surface area contributed by atoms with Gasteiger partial charge >= 0.3 is 5.97 Å². The molecule has 6 heteroatoms. The van der Waals surface area contributed by atoms with Crippen molar-refractivity contribution in [2.45, 2.75) is 6.54 Å². The molecule has 1 N–H and O–H groups in total. The van der Waals surface area contributed by atoms with Crippen LogP contribution in [-0.4, -0.2) is 48.3 Å². The van der Waals surface area contributed by atoms with Crippen LogP contribution in [0.2, 0.25) is 0 Å². The lowest BCUT2D eigenvalue weighted by Crippen LogP contribution is -2.21. The maximum atomic E-state index is 11.6. The van der Waals surface area contributed by atoms with Crippen molar-refractivity contribution in [1.29, 1.82) is 0 Å². The van der Waals surface area contributed by atoms with Crippen LogP contribution in [0.1, 0.15) is 16.1 Å². The van der Waals surface area contributed by atoms with Crippen LogP contribution in [0.4, 0.5) is 0 Å². The quantitative estimate of drug-likeness (QED) is 0.827. The van der Waals surface area contributed by atoms with Crippen molar-refractivity contribution >= 4 is 17.3 Å². The number of carbonyl (C=O) groups excluding carboxylic acids is 1. The molecule has 0 aliphatic carbocycles. The number of methoxy groups -OCH3 is 1. The lowest BCUT2D eigenvalue weighted by molar-refractivity contribution is 0.0601. The summed E-state index contributed by atoms with van der Waals surface area (Å²) in [5, 5.41) is 11.8. The van der Waals surface area contributed by atoms with Gasteiger partial charge in [0, 0.05) is 24.0 Å². The minimum atomic E-state index is -0.351. The molecular formula is C15H18N2O3S. The third-order valence-corrected chi connectivity index (χ3v) is 3.94. The van der Waals surface area contributed by atoms with Gasteiger partial charge in [-0.25, -0.2) is 9.78 Å². The van der Waals surface area contributed by atoms with Crippen molar-refractivity contribution in [2.75, 3.05) is 27.3 Å². The van der Waals surface area contributed by atoms with Crippen LogP contribution in [0.3, 0.4) is 0 Å². The molecule has 0 radical (unpaired) electrons. The van der Waals surface area contributed by atoms with E-state index >= 15 is 0 Å². The number of nitrogens with zero attached hydrogens (tertiary/aromatic N) is 2. The summed E-state index contributed by atoms with van der Waals surface area (Å²) in [6, 6.07) is 7.25. The zero-order chi connectivity index (χ0) is 15.2. The Labute approximate surface area is 127 Å². The number of hydrogen-bond acceptors (Lipinski definition) is 6. The number of ether oxygens (including phenoxy) is 1. The Morgan fingerprint density at radius 3 is 3.00 bits per heavy atom. The molecule has 0 unspecified atom stereocenters. The number of carbonyl (C=O) groups is 1. The number of aliphatic hydroxyl groups is 1. The largest absolute Gasteiger partial charge is 0.465 e. The molecule has 0 aliphatic rings. The van der Waals surface area contributed by atoms with Crippen LogP contribution in [0.15, 0.2) is 29.6 Å². The van der Waals surface area contributed by atoms with Crippen molar-refractivity contribution in [3.8, 4) is 10.6 Å². The van der Waals surface area contributed by atoms with Crippen LogP contribution in [-0.2, 0) is 11.3 Å². The molecule has 21 heavy (non-hydrogen) atoms. The number of benzene rings is 1. The molecule has 112 valence electrons. The van der Waals surface area contributed by atoms with Gasteiger partial charge in [-0.15, -0.1) is 11.3 Å². The van der Waals surface area contributed by atoms with Crippen LogP contribution < -0.4 is 0 Å². The molecule has 1 aromatic heterocycles. The first-order chi connectivity index (χ1) is 10.1. The molecule has 2 rings (SSSR count). The molecule has 0 atom stereocenters. The van der Waals surface area contributed by atoms with Crippen LogP contribution >= 0.6 is 11.3 Å². The summed E-state index contributed by atoms with van der Waals surface area (Å²) >= 11 is 1.54. The minimum Gasteiger partial charge on any atom is -0.465 e. The Bertz CT molecular complexity index is 612. The van der Waals surface area contributed by atoms with Gasteiger partial charge in [0.2, 0.25) is 0 Å². The SMILES string of the molecule is COC(=O)c1cccc(-c2nc(CN(C)CCO)cs2)c1. The second kappa shape index (κ2) is 7.31. The van der Waals surface area contributed by atoms with Gasteiger partial charge in [0.05, 0.1) is 25.0 Å². The molecule has 1 heterocycles. The summed E-state index contributed by atoms with van der Waals surface area (Å²) in [6.07, 6.45) is 0. The van der Waals surface area contributed by atoms with Crippen LogP contribution in [0.5, 0.6) is 0 Å². The van der Waals surface area contributed by atoms with Crippen molar-refractivity contribution in [3.05, 3.63) is 40.9 Å². The predicted molar refractivity (Wildman–Crippen MR) is 82.3 cm³/mol. The highest BCUT2D eigenvalue weighted by Crippen LogP contribution is 2.25. The minimum absolute atomic E-state index is 0.134. The molecule has 0 saturated heterocycles.